The highest BCUT2D eigenvalue weighted by Crippen LogP contribution is 2.39. The number of nitro groups is 1. The zero-order chi connectivity index (χ0) is 18.9. The number of ketones is 1. The molecule has 5 unspecified atom stereocenters. The van der Waals surface area contributed by atoms with Gasteiger partial charge in [-0.05, 0) is 38.5 Å². The lowest BCUT2D eigenvalue weighted by atomic mass is 9.76. The Bertz CT molecular complexity index is 455. The Labute approximate surface area is 157 Å². The maximum absolute atomic E-state index is 12.6. The molecule has 1 aliphatic carbocycles. The number of Topliss-reactive ketones (excluding diaryl/α,β-unsaturated/α-hetero) is 1. The van der Waals surface area contributed by atoms with Crippen molar-refractivity contribution in [3.05, 3.63) is 10.1 Å². The maximum atomic E-state index is 12.6. The van der Waals surface area contributed by atoms with Gasteiger partial charge in [0.1, 0.15) is 6.10 Å². The zero-order valence-electron chi connectivity index (χ0n) is 16.4. The van der Waals surface area contributed by atoms with E-state index >= 15 is 0 Å². The first kappa shape index (κ1) is 21.3. The molecule has 0 N–H and O–H groups in total. The lowest BCUT2D eigenvalue weighted by Gasteiger charge is -2.46. The van der Waals surface area contributed by atoms with Crippen LogP contribution in [0.4, 0.5) is 0 Å². The molecule has 0 aromatic heterocycles. The van der Waals surface area contributed by atoms with Gasteiger partial charge < -0.3 is 9.47 Å². The molecule has 2 heterocycles. The van der Waals surface area contributed by atoms with E-state index in [4.69, 9.17) is 9.47 Å². The maximum Gasteiger partial charge on any atom is 0.213 e. The van der Waals surface area contributed by atoms with Crippen LogP contribution in [0, 0.1) is 16.0 Å². The highest BCUT2D eigenvalue weighted by atomic mass is 16.6. The van der Waals surface area contributed by atoms with Gasteiger partial charge in [0.15, 0.2) is 5.78 Å². The van der Waals surface area contributed by atoms with E-state index in [1.165, 1.54) is 12.8 Å². The van der Waals surface area contributed by atoms with Crippen LogP contribution in [0.15, 0.2) is 0 Å². The molecule has 1 saturated carbocycles. The second kappa shape index (κ2) is 11.0. The van der Waals surface area contributed by atoms with Crippen molar-refractivity contribution in [2.75, 3.05) is 6.61 Å². The van der Waals surface area contributed by atoms with E-state index in [1.807, 2.05) is 6.92 Å². The molecule has 2 bridgehead atoms. The number of unbranched alkanes of at least 4 members (excludes halogenated alkanes) is 4. The van der Waals surface area contributed by atoms with Gasteiger partial charge in [-0.3, -0.25) is 14.9 Å². The summed E-state index contributed by atoms with van der Waals surface area (Å²) in [4.78, 5) is 23.7. The minimum Gasteiger partial charge on any atom is -0.376 e. The summed E-state index contributed by atoms with van der Waals surface area (Å²) < 4.78 is 11.7. The highest BCUT2D eigenvalue weighted by Gasteiger charge is 2.45. The molecular formula is C20H35NO5. The highest BCUT2D eigenvalue weighted by molar-refractivity contribution is 5.83. The predicted octanol–water partition coefficient (Wildman–Crippen LogP) is 4.31. The number of nitrogens with zero attached hydrogens (tertiary/aromatic N) is 1. The van der Waals surface area contributed by atoms with Gasteiger partial charge in [-0.15, -0.1) is 0 Å². The number of hydrogen-bond acceptors (Lipinski definition) is 5. The Morgan fingerprint density at radius 2 is 1.96 bits per heavy atom. The number of rotatable bonds is 13. The molecule has 3 fully saturated rings. The Kier molecular flexibility index (Phi) is 8.99. The molecule has 0 aromatic rings. The van der Waals surface area contributed by atoms with Crippen LogP contribution in [0.1, 0.15) is 84.5 Å². The Morgan fingerprint density at radius 3 is 2.58 bits per heavy atom. The molecule has 3 rings (SSSR count). The van der Waals surface area contributed by atoms with Gasteiger partial charge in [0.25, 0.3) is 0 Å². The van der Waals surface area contributed by atoms with Crippen molar-refractivity contribution < 1.29 is 19.2 Å². The van der Waals surface area contributed by atoms with Crippen LogP contribution in [0.25, 0.3) is 0 Å². The molecule has 6 heteroatoms. The van der Waals surface area contributed by atoms with Crippen LogP contribution in [-0.4, -0.2) is 41.7 Å². The van der Waals surface area contributed by atoms with E-state index in [0.717, 1.165) is 38.5 Å². The minimum absolute atomic E-state index is 0.0128. The van der Waals surface area contributed by atoms with Gasteiger partial charge in [-0.1, -0.05) is 32.6 Å². The van der Waals surface area contributed by atoms with Crippen molar-refractivity contribution in [1.29, 1.82) is 0 Å². The summed E-state index contributed by atoms with van der Waals surface area (Å²) in [5.41, 5.74) is 0. The van der Waals surface area contributed by atoms with E-state index < -0.39 is 6.04 Å². The summed E-state index contributed by atoms with van der Waals surface area (Å²) in [6.07, 6.45) is 9.17. The van der Waals surface area contributed by atoms with E-state index in [2.05, 4.69) is 6.92 Å². The summed E-state index contributed by atoms with van der Waals surface area (Å²) in [7, 11) is 0. The number of fused-ring (bicyclic) bond motifs is 3. The number of hydrogen-bond donors (Lipinski definition) is 0. The smallest absolute Gasteiger partial charge is 0.213 e. The molecule has 0 radical (unpaired) electrons. The average Bonchev–Trinajstić information content (AvgIpc) is 2.64. The van der Waals surface area contributed by atoms with Crippen LogP contribution < -0.4 is 0 Å². The fourth-order valence-electron chi connectivity index (χ4n) is 4.38. The second-order valence-electron chi connectivity index (χ2n) is 7.81. The van der Waals surface area contributed by atoms with E-state index in [9.17, 15) is 14.9 Å². The number of ether oxygens (including phenoxy) is 2. The first-order valence-electron chi connectivity index (χ1n) is 10.5. The molecule has 0 aromatic carbocycles. The van der Waals surface area contributed by atoms with Crippen LogP contribution >= 0.6 is 0 Å². The van der Waals surface area contributed by atoms with E-state index in [1.54, 1.807) is 0 Å². The van der Waals surface area contributed by atoms with Gasteiger partial charge in [0.2, 0.25) is 6.04 Å². The van der Waals surface area contributed by atoms with Gasteiger partial charge in [-0.2, -0.15) is 0 Å². The van der Waals surface area contributed by atoms with Gasteiger partial charge in [-0.25, -0.2) is 0 Å². The van der Waals surface area contributed by atoms with Crippen molar-refractivity contribution >= 4 is 5.78 Å². The van der Waals surface area contributed by atoms with Crippen molar-refractivity contribution in [2.24, 2.45) is 5.92 Å². The fourth-order valence-corrected chi connectivity index (χ4v) is 4.38. The predicted molar refractivity (Wildman–Crippen MR) is 99.8 cm³/mol. The second-order valence-corrected chi connectivity index (χ2v) is 7.81. The monoisotopic (exact) mass is 369 g/mol. The fraction of sp³-hybridized carbons (Fsp3) is 0.950. The molecular weight excluding hydrogens is 334 g/mol. The van der Waals surface area contributed by atoms with Gasteiger partial charge in [0, 0.05) is 30.8 Å². The molecule has 2 saturated heterocycles. The molecule has 26 heavy (non-hydrogen) atoms. The van der Waals surface area contributed by atoms with Crippen molar-refractivity contribution in [1.82, 2.24) is 0 Å². The first-order chi connectivity index (χ1) is 12.6. The molecule has 6 nitrogen and oxygen atoms in total. The van der Waals surface area contributed by atoms with Crippen molar-refractivity contribution in [2.45, 2.75) is 109 Å². The minimum atomic E-state index is -0.600. The molecule has 150 valence electrons. The SMILES string of the molecule is CCCCCCCC(CCC(=O)C1OC2CCC1CC2OCC)[N+](=O)[O-]. The standard InChI is InChI=1S/C20H35NO5/c1-3-5-6-7-8-9-16(21(23)24)11-12-17(22)20-15-10-13-18(26-20)19(14-15)25-4-2/h15-16,18-20H,3-14H2,1-2H3. The van der Waals surface area contributed by atoms with Crippen LogP contribution in [0.2, 0.25) is 0 Å². The topological polar surface area (TPSA) is 78.7 Å². The summed E-state index contributed by atoms with van der Waals surface area (Å²) in [6.45, 7) is 4.80. The summed E-state index contributed by atoms with van der Waals surface area (Å²) in [6, 6.07) is -0.600. The largest absolute Gasteiger partial charge is 0.376 e. The van der Waals surface area contributed by atoms with Crippen LogP contribution in [0.5, 0.6) is 0 Å². The van der Waals surface area contributed by atoms with E-state index in [-0.39, 0.29) is 41.4 Å². The van der Waals surface area contributed by atoms with E-state index in [0.29, 0.717) is 19.4 Å². The lowest BCUT2D eigenvalue weighted by molar-refractivity contribution is -0.524. The summed E-state index contributed by atoms with van der Waals surface area (Å²) in [5, 5.41) is 11.3. The Balaban J connectivity index is 1.75. The van der Waals surface area contributed by atoms with Crippen molar-refractivity contribution in [3.63, 3.8) is 0 Å². The third-order valence-corrected chi connectivity index (χ3v) is 5.88. The number of carbonyl (C=O) groups is 1. The first-order valence-corrected chi connectivity index (χ1v) is 10.5. The zero-order valence-corrected chi connectivity index (χ0v) is 16.4. The van der Waals surface area contributed by atoms with Crippen LogP contribution in [0.3, 0.4) is 0 Å². The molecule has 0 amide bonds. The average molecular weight is 370 g/mol. The lowest BCUT2D eigenvalue weighted by Crippen LogP contribution is -2.53. The Morgan fingerprint density at radius 1 is 1.19 bits per heavy atom. The molecule has 2 aliphatic heterocycles. The Hall–Kier alpha value is -1.01. The quantitative estimate of drug-likeness (QED) is 0.274. The van der Waals surface area contributed by atoms with Gasteiger partial charge in [0.05, 0.1) is 12.2 Å². The third kappa shape index (κ3) is 6.02. The van der Waals surface area contributed by atoms with Gasteiger partial charge >= 0.3 is 0 Å². The van der Waals surface area contributed by atoms with Crippen LogP contribution in [-0.2, 0) is 14.3 Å². The van der Waals surface area contributed by atoms with Crippen molar-refractivity contribution in [3.8, 4) is 0 Å². The molecule has 3 aliphatic rings. The number of carbonyl (C=O) groups excluding carboxylic acids is 1. The third-order valence-electron chi connectivity index (χ3n) is 5.88. The molecule has 5 atom stereocenters. The normalized spacial score (nSPS) is 28.8. The summed E-state index contributed by atoms with van der Waals surface area (Å²) in [5.74, 6) is 0.264. The summed E-state index contributed by atoms with van der Waals surface area (Å²) >= 11 is 0. The molecule has 0 spiro atoms.